The van der Waals surface area contributed by atoms with Crippen LogP contribution in [0.5, 0.6) is 0 Å². The lowest BCUT2D eigenvalue weighted by Crippen LogP contribution is -2.21. The average Bonchev–Trinajstić information content (AvgIpc) is 2.85. The van der Waals surface area contributed by atoms with Crippen LogP contribution in [0, 0.1) is 6.92 Å². The molecule has 0 radical (unpaired) electrons. The molecule has 1 aromatic heterocycles. The van der Waals surface area contributed by atoms with E-state index < -0.39 is 0 Å². The highest BCUT2D eigenvalue weighted by molar-refractivity contribution is 5.79. The van der Waals surface area contributed by atoms with Crippen molar-refractivity contribution in [3.8, 4) is 0 Å². The van der Waals surface area contributed by atoms with Gasteiger partial charge in [-0.15, -0.1) is 5.11 Å². The standard InChI is InChI=1S/C11H12N6/c1-9-3-5-10(6-4-9)14-16-15-11(12)17-8-2-7-13-17/h2-8H,1H3,(H2,12,14,15). The second-order valence-electron chi connectivity index (χ2n) is 3.43. The SMILES string of the molecule is Cc1ccc(N=N/N=C(\N)n2cccn2)cc1. The van der Waals surface area contributed by atoms with Crippen LogP contribution in [0.25, 0.3) is 0 Å². The maximum absolute atomic E-state index is 5.62. The highest BCUT2D eigenvalue weighted by atomic mass is 15.4. The van der Waals surface area contributed by atoms with Crippen LogP contribution in [0.4, 0.5) is 5.69 Å². The Morgan fingerprint density at radius 1 is 1.29 bits per heavy atom. The van der Waals surface area contributed by atoms with E-state index in [-0.39, 0.29) is 5.96 Å². The second kappa shape index (κ2) is 5.02. The lowest BCUT2D eigenvalue weighted by molar-refractivity contribution is 0.896. The second-order valence-corrected chi connectivity index (χ2v) is 3.43. The van der Waals surface area contributed by atoms with E-state index in [1.165, 1.54) is 10.2 Å². The summed E-state index contributed by atoms with van der Waals surface area (Å²) in [4.78, 5) is 0. The summed E-state index contributed by atoms with van der Waals surface area (Å²) in [5.74, 6) is 0.172. The molecule has 6 nitrogen and oxygen atoms in total. The smallest absolute Gasteiger partial charge is 0.243 e. The van der Waals surface area contributed by atoms with Gasteiger partial charge in [-0.25, -0.2) is 4.68 Å². The molecule has 0 aliphatic carbocycles. The molecule has 0 unspecified atom stereocenters. The summed E-state index contributed by atoms with van der Waals surface area (Å²) in [7, 11) is 0. The molecule has 2 aromatic rings. The molecule has 0 bridgehead atoms. The summed E-state index contributed by atoms with van der Waals surface area (Å²) in [6.45, 7) is 2.01. The van der Waals surface area contributed by atoms with Gasteiger partial charge in [-0.3, -0.25) is 0 Å². The molecule has 0 fully saturated rings. The minimum Gasteiger partial charge on any atom is -0.366 e. The van der Waals surface area contributed by atoms with Gasteiger partial charge in [0.05, 0.1) is 5.69 Å². The fraction of sp³-hybridized carbons (Fsp3) is 0.0909. The summed E-state index contributed by atoms with van der Waals surface area (Å²) >= 11 is 0. The molecule has 2 rings (SSSR count). The molecule has 0 aliphatic rings. The average molecular weight is 228 g/mol. The van der Waals surface area contributed by atoms with Crippen LogP contribution in [-0.2, 0) is 0 Å². The van der Waals surface area contributed by atoms with Crippen LogP contribution >= 0.6 is 0 Å². The molecular formula is C11H12N6. The summed E-state index contributed by atoms with van der Waals surface area (Å²) in [6, 6.07) is 9.38. The Morgan fingerprint density at radius 3 is 2.71 bits per heavy atom. The highest BCUT2D eigenvalue weighted by Gasteiger charge is 1.93. The Bertz CT molecular complexity index is 524. The molecule has 0 spiro atoms. The molecule has 0 saturated heterocycles. The van der Waals surface area contributed by atoms with Crippen molar-refractivity contribution in [3.63, 3.8) is 0 Å². The summed E-state index contributed by atoms with van der Waals surface area (Å²) in [5.41, 5.74) is 7.52. The highest BCUT2D eigenvalue weighted by Crippen LogP contribution is 2.12. The van der Waals surface area contributed by atoms with E-state index in [2.05, 4.69) is 20.5 Å². The summed E-state index contributed by atoms with van der Waals surface area (Å²) in [6.07, 6.45) is 3.29. The van der Waals surface area contributed by atoms with E-state index in [0.717, 1.165) is 5.69 Å². The van der Waals surface area contributed by atoms with E-state index in [9.17, 15) is 0 Å². The maximum atomic E-state index is 5.62. The number of nitrogens with two attached hydrogens (primary N) is 1. The molecule has 1 aromatic carbocycles. The molecule has 0 atom stereocenters. The third-order valence-corrected chi connectivity index (χ3v) is 2.08. The molecule has 17 heavy (non-hydrogen) atoms. The third kappa shape index (κ3) is 2.97. The van der Waals surface area contributed by atoms with Crippen LogP contribution in [0.3, 0.4) is 0 Å². The van der Waals surface area contributed by atoms with Crippen LogP contribution in [-0.4, -0.2) is 15.7 Å². The van der Waals surface area contributed by atoms with Crippen molar-refractivity contribution in [3.05, 3.63) is 48.3 Å². The first-order chi connectivity index (χ1) is 8.25. The number of hydrogen-bond acceptors (Lipinski definition) is 3. The van der Waals surface area contributed by atoms with Crippen LogP contribution in [0.2, 0.25) is 0 Å². The quantitative estimate of drug-likeness (QED) is 0.369. The molecule has 6 heteroatoms. The monoisotopic (exact) mass is 228 g/mol. The lowest BCUT2D eigenvalue weighted by atomic mass is 10.2. The fourth-order valence-electron chi connectivity index (χ4n) is 1.18. The van der Waals surface area contributed by atoms with E-state index in [0.29, 0.717) is 0 Å². The van der Waals surface area contributed by atoms with Gasteiger partial charge < -0.3 is 5.73 Å². The van der Waals surface area contributed by atoms with Gasteiger partial charge in [0.2, 0.25) is 5.96 Å². The Labute approximate surface area is 98.5 Å². The zero-order valence-corrected chi connectivity index (χ0v) is 9.35. The summed E-state index contributed by atoms with van der Waals surface area (Å²) in [5, 5.41) is 15.2. The van der Waals surface area contributed by atoms with E-state index in [1.807, 2.05) is 31.2 Å². The normalized spacial score (nSPS) is 12.2. The number of aromatic nitrogens is 2. The Kier molecular flexibility index (Phi) is 3.25. The maximum Gasteiger partial charge on any atom is 0.243 e. The van der Waals surface area contributed by atoms with Gasteiger partial charge in [-0.05, 0) is 30.3 Å². The topological polar surface area (TPSA) is 80.9 Å². The van der Waals surface area contributed by atoms with Crippen molar-refractivity contribution >= 4 is 11.6 Å². The molecule has 0 aliphatic heterocycles. The number of nitrogens with zero attached hydrogens (tertiary/aromatic N) is 5. The molecule has 0 saturated carbocycles. The third-order valence-electron chi connectivity index (χ3n) is 2.08. The van der Waals surface area contributed by atoms with Crippen molar-refractivity contribution in [2.24, 2.45) is 21.2 Å². The van der Waals surface area contributed by atoms with Gasteiger partial charge >= 0.3 is 0 Å². The van der Waals surface area contributed by atoms with Crippen LogP contribution in [0.15, 0.2) is 58.2 Å². The van der Waals surface area contributed by atoms with Crippen molar-refractivity contribution in [1.29, 1.82) is 0 Å². The molecule has 2 N–H and O–H groups in total. The molecule has 1 heterocycles. The van der Waals surface area contributed by atoms with Gasteiger partial charge in [0.1, 0.15) is 0 Å². The number of hydrogen-bond donors (Lipinski definition) is 1. The zero-order valence-electron chi connectivity index (χ0n) is 9.35. The number of aryl methyl sites for hydroxylation is 1. The van der Waals surface area contributed by atoms with E-state index >= 15 is 0 Å². The van der Waals surface area contributed by atoms with Gasteiger partial charge in [-0.2, -0.15) is 5.10 Å². The van der Waals surface area contributed by atoms with Crippen molar-refractivity contribution < 1.29 is 0 Å². The Balaban J connectivity index is 2.07. The fourth-order valence-corrected chi connectivity index (χ4v) is 1.18. The molecule has 86 valence electrons. The first-order valence-electron chi connectivity index (χ1n) is 5.06. The Morgan fingerprint density at radius 2 is 2.06 bits per heavy atom. The van der Waals surface area contributed by atoms with Gasteiger partial charge in [0, 0.05) is 12.4 Å². The predicted octanol–water partition coefficient (Wildman–Crippen LogP) is 2.05. The lowest BCUT2D eigenvalue weighted by Gasteiger charge is -1.95. The van der Waals surface area contributed by atoms with Gasteiger partial charge in [-0.1, -0.05) is 22.8 Å². The Hall–Kier alpha value is -2.50. The van der Waals surface area contributed by atoms with Crippen LogP contribution < -0.4 is 5.73 Å². The zero-order chi connectivity index (χ0) is 12.1. The summed E-state index contributed by atoms with van der Waals surface area (Å²) < 4.78 is 1.41. The first kappa shape index (κ1) is 11.0. The molecular weight excluding hydrogens is 216 g/mol. The van der Waals surface area contributed by atoms with Crippen LogP contribution in [0.1, 0.15) is 5.56 Å². The number of benzene rings is 1. The minimum atomic E-state index is 0.172. The largest absolute Gasteiger partial charge is 0.366 e. The molecule has 0 amide bonds. The van der Waals surface area contributed by atoms with Gasteiger partial charge in [0.15, 0.2) is 0 Å². The predicted molar refractivity (Wildman–Crippen MR) is 64.9 cm³/mol. The van der Waals surface area contributed by atoms with Crippen molar-refractivity contribution in [2.45, 2.75) is 6.92 Å². The van der Waals surface area contributed by atoms with Gasteiger partial charge in [0.25, 0.3) is 0 Å². The van der Waals surface area contributed by atoms with Crippen molar-refractivity contribution in [1.82, 2.24) is 9.78 Å². The van der Waals surface area contributed by atoms with E-state index in [1.54, 1.807) is 18.5 Å². The minimum absolute atomic E-state index is 0.172. The van der Waals surface area contributed by atoms with Crippen molar-refractivity contribution in [2.75, 3.05) is 0 Å². The first-order valence-corrected chi connectivity index (χ1v) is 5.06. The van der Waals surface area contributed by atoms with E-state index in [4.69, 9.17) is 5.73 Å². The number of rotatable bonds is 2.